The van der Waals surface area contributed by atoms with E-state index < -0.39 is 49.7 Å². The minimum atomic E-state index is -0.671. The summed E-state index contributed by atoms with van der Waals surface area (Å²) in [5, 5.41) is 67.8. The summed E-state index contributed by atoms with van der Waals surface area (Å²) in [6, 6.07) is 36.8. The van der Waals surface area contributed by atoms with Crippen LogP contribution in [-0.2, 0) is 163 Å². The number of hydrogen-bond acceptors (Lipinski definition) is 14. The summed E-state index contributed by atoms with van der Waals surface area (Å²) in [7, 11) is 0. The second kappa shape index (κ2) is 35.1. The fraction of sp³-hybridized carbons (Fsp3) is 0.500. The molecule has 32 bridgehead atoms. The largest absolute Gasteiger partial charge is 2.00 e. The van der Waals surface area contributed by atoms with Crippen LogP contribution in [0.1, 0.15) is 363 Å². The summed E-state index contributed by atoms with van der Waals surface area (Å²) in [5.41, 5.74) is 21.0. The third-order valence-electron chi connectivity index (χ3n) is 31.2. The maximum absolute atomic E-state index is 11.7. The zero-order valence-electron chi connectivity index (χ0n) is 88.1. The molecule has 2 N–H and O–H groups in total. The molecule has 0 fully saturated rings. The van der Waals surface area contributed by atoms with Crippen LogP contribution in [0.5, 0.6) is 11.5 Å². The summed E-state index contributed by atoms with van der Waals surface area (Å²) in [6.45, 7) is 77.2. The van der Waals surface area contributed by atoms with Crippen molar-refractivity contribution < 1.29 is 90.5 Å². The Hall–Kier alpha value is -9.72. The van der Waals surface area contributed by atoms with Gasteiger partial charge in [-0.3, -0.25) is 37.5 Å². The van der Waals surface area contributed by atoms with Gasteiger partial charge in [0.2, 0.25) is 0 Å². The van der Waals surface area contributed by atoms with Crippen molar-refractivity contribution in [3.63, 3.8) is 0 Å². The second-order valence-corrected chi connectivity index (χ2v) is 47.7. The van der Waals surface area contributed by atoms with Crippen LogP contribution < -0.4 is 19.9 Å². The Kier molecular flexibility index (Phi) is 27.0. The molecule has 12 aromatic heterocycles. The van der Waals surface area contributed by atoms with Crippen molar-refractivity contribution in [1.29, 1.82) is 0 Å². The first-order valence-corrected chi connectivity index (χ1v) is 47.7. The number of phenols is 2. The number of nitrogens with zero attached hydrogens (tertiary/aromatic N) is 26. The second-order valence-electron chi connectivity index (χ2n) is 47.7. The average molecular weight is 2480 g/mol. The third kappa shape index (κ3) is 17.1. The Morgan fingerprint density at radius 2 is 0.479 bits per heavy atom. The molecule has 2 unspecified atom stereocenters. The molecule has 6 aliphatic heterocycles. The quantitative estimate of drug-likeness (QED) is 0.133. The molecule has 14 aromatic rings. The van der Waals surface area contributed by atoms with Gasteiger partial charge in [0.1, 0.15) is 11.5 Å². The fourth-order valence-electron chi connectivity index (χ4n) is 20.2. The molecule has 18 heterocycles. The van der Waals surface area contributed by atoms with Crippen LogP contribution in [0, 0.1) is 5.41 Å². The zero-order valence-corrected chi connectivity index (χ0v) is 95.9. The molecule has 0 saturated heterocycles. The fourth-order valence-corrected chi connectivity index (χ4v) is 20.2. The first-order valence-electron chi connectivity index (χ1n) is 47.7. The van der Waals surface area contributed by atoms with Gasteiger partial charge in [-0.2, -0.15) is 52.2 Å². The molecular weight excluding hydrogens is 2340 g/mol. The monoisotopic (exact) mass is 2480 g/mol. The molecule has 0 saturated carbocycles. The number of rotatable bonds is 0. The van der Waals surface area contributed by atoms with E-state index in [2.05, 4.69) is 343 Å². The molecule has 2 aromatic carbocycles. The van der Waals surface area contributed by atoms with Crippen LogP contribution in [0.3, 0.4) is 0 Å². The van der Waals surface area contributed by atoms with Gasteiger partial charge in [0.15, 0.2) is 0 Å². The van der Waals surface area contributed by atoms with E-state index in [4.69, 9.17) is 81.5 Å². The minimum Gasteiger partial charge on any atom is -0.662 e. The van der Waals surface area contributed by atoms with Crippen LogP contribution in [0.15, 0.2) is 195 Å². The predicted molar refractivity (Wildman–Crippen MR) is 531 cm³/mol. The normalized spacial score (nSPS) is 21.9. The average Bonchev–Trinajstić information content (AvgIpc) is 1.47. The molecule has 0 aliphatic carbocycles. The molecule has 0 spiro atoms. The van der Waals surface area contributed by atoms with Gasteiger partial charge in [-0.05, 0) is 253 Å². The summed E-state index contributed by atoms with van der Waals surface area (Å²) in [6.07, 6.45) is 24.5. The summed E-state index contributed by atoms with van der Waals surface area (Å²) in [5.74, 6) is 1.89. The topological polar surface area (TPSA) is 300 Å². The van der Waals surface area contributed by atoms with Crippen molar-refractivity contribution in [2.75, 3.05) is 0 Å². The Labute approximate surface area is 880 Å². The number of aromatic nitrogens is 22. The molecule has 32 heteroatoms. The van der Waals surface area contributed by atoms with Crippen molar-refractivity contribution in [3.8, 4) is 11.5 Å². The third-order valence-corrected chi connectivity index (χ3v) is 31.2. The standard InChI is InChI=1S/C30H36N4O2.C28H42N8.C26H32N6.C24H30N8.Cu.3Pt/c1-27(2)19-11-9-13-21(25(19)35)29(5,6)33-17-15-23(31-33)28(3,4)24-16-18-34(32-24)30(7,8)22-14-10-12-20(27)26(22)36;1-23(2)17-21-26(7,8)22-18-24(3,4)36(32-22)28(11,12)34-16-14-20(30-34)25(5,6)19-13-15-33(29-19)27(9,10)35(23)31-21;1-23(2)17-9-11-21(27-17)25(5,6)31-15-13-19(29-31)24(3,4)20-14-16-32(30-20)26(7,8)22-12-10-18(23)28-22;1-21(2)15-9-11-31(29-15)23(5,6)19-25-13-17(27-19)22(3,4)18-14-26-20(28-18)24(7,8)32-12-10-16(21)30-32;;;;/h9-18,35-36H,1-8H3;13-18H,1-12H3;9-16H,1-8H3;9-14H,1-8H3;;;;/q;3*-2;+2;;2*+2. The van der Waals surface area contributed by atoms with E-state index in [1.807, 2.05) is 137 Å². The summed E-state index contributed by atoms with van der Waals surface area (Å²) >= 11 is 0. The van der Waals surface area contributed by atoms with Crippen molar-refractivity contribution >= 4 is 0 Å². The smallest absolute Gasteiger partial charge is 0.662 e. The summed E-state index contributed by atoms with van der Waals surface area (Å²) in [4.78, 5) is 29.4. The van der Waals surface area contributed by atoms with E-state index in [0.29, 0.717) is 0 Å². The van der Waals surface area contributed by atoms with Gasteiger partial charge in [-0.1, -0.05) is 164 Å². The molecule has 755 valence electrons. The summed E-state index contributed by atoms with van der Waals surface area (Å²) < 4.78 is 15.9. The van der Waals surface area contributed by atoms with E-state index >= 15 is 0 Å². The van der Waals surface area contributed by atoms with Crippen LogP contribution in [0.25, 0.3) is 10.9 Å². The first-order chi connectivity index (χ1) is 62.7. The number of imidazole rings is 2. The van der Waals surface area contributed by atoms with Gasteiger partial charge < -0.3 is 61.0 Å². The van der Waals surface area contributed by atoms with Crippen molar-refractivity contribution in [3.05, 3.63) is 319 Å². The predicted octanol–water partition coefficient (Wildman–Crippen LogP) is 20.2. The van der Waals surface area contributed by atoms with Crippen molar-refractivity contribution in [2.45, 2.75) is 343 Å². The van der Waals surface area contributed by atoms with Crippen LogP contribution in [0.2, 0.25) is 0 Å². The Balaban J connectivity index is 0.000000156. The minimum absolute atomic E-state index is 0. The van der Waals surface area contributed by atoms with Gasteiger partial charge in [-0.25, -0.2) is 0 Å². The SMILES string of the molecule is CC1(C)C2=CC(C)(C)N([N-]2)C(C)(C)n2ccc(n2)C(C)(C)c2ccn(n2)C(C)(C)N2[N-]C1=CC2(C)C.CC1(C)c2ccn(n2)C(C)(C)c2ccc([n-]2)C(C)(C)c2ccc([n-]2)C(C)(C)n2ccc1n2.CC1(C)c2ccn(n2)C(C)(C)c2cccc(c2O)C(C)(C)c2cccc(c2O)C(C)(C)n2ccc1n2.CC1(C)c2ccn(n2)C(C)(C)c2ncc([n-]2)C(C)(C)c2cnc([n-]2)C(C)(C)n2ccc1n2.[Cu+2].[Pt+2].[Pt+2].[Pt]. The molecule has 6 aliphatic rings. The van der Waals surface area contributed by atoms with Gasteiger partial charge in [0.25, 0.3) is 0 Å². The van der Waals surface area contributed by atoms with Crippen LogP contribution in [0.4, 0.5) is 0 Å². The molecule has 0 amide bonds. The maximum Gasteiger partial charge on any atom is 2.00 e. The first kappa shape index (κ1) is 108. The number of para-hydroxylation sites is 2. The number of aromatic hydroxyl groups is 2. The van der Waals surface area contributed by atoms with E-state index in [1.165, 1.54) is 0 Å². The molecule has 28 nitrogen and oxygen atoms in total. The van der Waals surface area contributed by atoms with Gasteiger partial charge in [0.05, 0.1) is 112 Å². The Morgan fingerprint density at radius 3 is 0.764 bits per heavy atom. The Bertz CT molecular complexity index is 6020. The molecule has 2 atom stereocenters. The molecular formula is C108H140CuN26O2Pt3. The van der Waals surface area contributed by atoms with Crippen molar-refractivity contribution in [1.82, 2.24) is 118 Å². The molecule has 140 heavy (non-hydrogen) atoms. The van der Waals surface area contributed by atoms with E-state index in [0.717, 1.165) is 125 Å². The molecule has 20 rings (SSSR count). The van der Waals surface area contributed by atoms with Crippen LogP contribution >= 0.6 is 0 Å². The molecule has 1 radical (unpaired) electrons. The van der Waals surface area contributed by atoms with E-state index in [-0.39, 0.29) is 141 Å². The Morgan fingerprint density at radius 1 is 0.243 bits per heavy atom. The van der Waals surface area contributed by atoms with Crippen LogP contribution in [-0.4, -0.2) is 120 Å². The van der Waals surface area contributed by atoms with Gasteiger partial charge in [-0.15, -0.1) is 22.8 Å². The number of fused-ring (bicyclic) bond motifs is 32. The number of phenolic OH excluding ortho intramolecular Hbond substituents is 2. The van der Waals surface area contributed by atoms with Gasteiger partial charge in [0, 0.05) is 115 Å². The van der Waals surface area contributed by atoms with E-state index in [9.17, 15) is 10.2 Å². The van der Waals surface area contributed by atoms with Crippen molar-refractivity contribution in [2.24, 2.45) is 5.41 Å². The zero-order chi connectivity index (χ0) is 99.2. The number of benzene rings is 2. The maximum atomic E-state index is 11.7. The number of hydrogen-bond donors (Lipinski definition) is 2. The van der Waals surface area contributed by atoms with Gasteiger partial charge >= 0.3 is 59.2 Å². The van der Waals surface area contributed by atoms with E-state index in [1.54, 1.807) is 0 Å².